The molecule has 2 rings (SSSR count). The Kier molecular flexibility index (Phi) is 5.91. The van der Waals surface area contributed by atoms with Crippen molar-refractivity contribution in [1.29, 1.82) is 0 Å². The number of anilines is 1. The summed E-state index contributed by atoms with van der Waals surface area (Å²) in [7, 11) is 4.40. The van der Waals surface area contributed by atoms with Gasteiger partial charge >= 0.3 is 0 Å². The molecule has 1 N–H and O–H groups in total. The number of hydrogen-bond acceptors (Lipinski definition) is 3. The van der Waals surface area contributed by atoms with Crippen molar-refractivity contribution in [1.82, 2.24) is 10.2 Å². The van der Waals surface area contributed by atoms with Crippen molar-refractivity contribution < 1.29 is 0 Å². The first kappa shape index (κ1) is 16.6. The van der Waals surface area contributed by atoms with Gasteiger partial charge in [0.15, 0.2) is 0 Å². The summed E-state index contributed by atoms with van der Waals surface area (Å²) in [4.78, 5) is 4.80. The lowest BCUT2D eigenvalue weighted by molar-refractivity contribution is 0.396. The van der Waals surface area contributed by atoms with Gasteiger partial charge in [0.1, 0.15) is 0 Å². The molecule has 1 fully saturated rings. The Bertz CT molecular complexity index is 461. The van der Waals surface area contributed by atoms with Crippen LogP contribution in [0.5, 0.6) is 0 Å². The molecule has 4 heteroatoms. The third-order valence-electron chi connectivity index (χ3n) is 4.17. The first-order valence-electron chi connectivity index (χ1n) is 7.87. The van der Waals surface area contributed by atoms with E-state index in [2.05, 4.69) is 55.2 Å². The number of nitrogens with zero attached hydrogens (tertiary/aromatic N) is 2. The second-order valence-corrected chi connectivity index (χ2v) is 7.04. The molecule has 1 unspecified atom stereocenters. The zero-order valence-corrected chi connectivity index (χ0v) is 14.5. The van der Waals surface area contributed by atoms with Gasteiger partial charge < -0.3 is 15.1 Å². The summed E-state index contributed by atoms with van der Waals surface area (Å²) < 4.78 is 0. The van der Waals surface area contributed by atoms with Crippen molar-refractivity contribution in [2.75, 3.05) is 38.6 Å². The highest BCUT2D eigenvalue weighted by Gasteiger charge is 2.21. The first-order valence-corrected chi connectivity index (χ1v) is 8.25. The monoisotopic (exact) mass is 309 g/mol. The summed E-state index contributed by atoms with van der Waals surface area (Å²) in [6.45, 7) is 8.74. The summed E-state index contributed by atoms with van der Waals surface area (Å²) in [5.41, 5.74) is 2.58. The van der Waals surface area contributed by atoms with E-state index < -0.39 is 0 Å². The fourth-order valence-electron chi connectivity index (χ4n) is 3.04. The van der Waals surface area contributed by atoms with Gasteiger partial charge in [0.05, 0.1) is 0 Å². The van der Waals surface area contributed by atoms with Crippen molar-refractivity contribution in [2.45, 2.75) is 32.9 Å². The van der Waals surface area contributed by atoms with Crippen LogP contribution in [0.2, 0.25) is 5.02 Å². The molecule has 0 spiro atoms. The second-order valence-electron chi connectivity index (χ2n) is 6.61. The number of hydrogen-bond donors (Lipinski definition) is 1. The normalized spacial score (nSPS) is 19.4. The number of rotatable bonds is 6. The minimum absolute atomic E-state index is 0.477. The lowest BCUT2D eigenvalue weighted by Crippen LogP contribution is -2.29. The molecule has 1 heterocycles. The van der Waals surface area contributed by atoms with Gasteiger partial charge in [0.25, 0.3) is 0 Å². The van der Waals surface area contributed by atoms with E-state index in [1.807, 2.05) is 6.07 Å². The minimum atomic E-state index is 0.477. The predicted octanol–water partition coefficient (Wildman–Crippen LogP) is 3.23. The van der Waals surface area contributed by atoms with E-state index in [1.165, 1.54) is 30.8 Å². The summed E-state index contributed by atoms with van der Waals surface area (Å²) in [6, 6.07) is 6.71. The van der Waals surface area contributed by atoms with Crippen LogP contribution in [-0.2, 0) is 6.54 Å². The molecule has 3 nitrogen and oxygen atoms in total. The minimum Gasteiger partial charge on any atom is -0.374 e. The summed E-state index contributed by atoms with van der Waals surface area (Å²) in [5.74, 6) is 0.765. The fraction of sp³-hybridized carbons (Fsp3) is 0.647. The van der Waals surface area contributed by atoms with Crippen LogP contribution < -0.4 is 10.2 Å². The lowest BCUT2D eigenvalue weighted by Gasteiger charge is -2.26. The Morgan fingerprint density at radius 2 is 2.19 bits per heavy atom. The van der Waals surface area contributed by atoms with E-state index in [0.29, 0.717) is 6.04 Å². The van der Waals surface area contributed by atoms with Crippen molar-refractivity contribution in [2.24, 2.45) is 5.92 Å². The van der Waals surface area contributed by atoms with Crippen LogP contribution in [0.3, 0.4) is 0 Å². The zero-order chi connectivity index (χ0) is 15.4. The molecule has 0 radical (unpaired) electrons. The van der Waals surface area contributed by atoms with Crippen molar-refractivity contribution in [3.05, 3.63) is 28.8 Å². The van der Waals surface area contributed by atoms with Gasteiger partial charge in [-0.15, -0.1) is 0 Å². The highest BCUT2D eigenvalue weighted by molar-refractivity contribution is 6.30. The van der Waals surface area contributed by atoms with Crippen LogP contribution in [0, 0.1) is 5.92 Å². The average molecular weight is 310 g/mol. The SMILES string of the molecule is CC(C)NCc1cc(Cl)ccc1N(C)CC1CCN(C)C1. The maximum Gasteiger partial charge on any atom is 0.0410 e. The lowest BCUT2D eigenvalue weighted by atomic mass is 10.1. The van der Waals surface area contributed by atoms with E-state index in [-0.39, 0.29) is 0 Å². The molecule has 0 aliphatic carbocycles. The van der Waals surface area contributed by atoms with Crippen molar-refractivity contribution >= 4 is 17.3 Å². The smallest absolute Gasteiger partial charge is 0.0410 e. The van der Waals surface area contributed by atoms with Gasteiger partial charge in [0, 0.05) is 43.4 Å². The Balaban J connectivity index is 2.06. The predicted molar refractivity (Wildman–Crippen MR) is 92.3 cm³/mol. The van der Waals surface area contributed by atoms with E-state index in [0.717, 1.165) is 24.0 Å². The Labute approximate surface area is 134 Å². The molecule has 0 saturated carbocycles. The molecule has 1 aromatic carbocycles. The van der Waals surface area contributed by atoms with Gasteiger partial charge in [-0.2, -0.15) is 0 Å². The van der Waals surface area contributed by atoms with Crippen molar-refractivity contribution in [3.63, 3.8) is 0 Å². The quantitative estimate of drug-likeness (QED) is 0.870. The molecule has 1 aliphatic rings. The van der Waals surface area contributed by atoms with Gasteiger partial charge in [0.2, 0.25) is 0 Å². The van der Waals surface area contributed by atoms with Crippen molar-refractivity contribution in [3.8, 4) is 0 Å². The number of likely N-dealkylation sites (tertiary alicyclic amines) is 1. The Hall–Kier alpha value is -0.770. The van der Waals surface area contributed by atoms with Crippen LogP contribution in [0.4, 0.5) is 5.69 Å². The summed E-state index contributed by atoms with van der Waals surface area (Å²) >= 11 is 6.17. The number of nitrogens with one attached hydrogen (secondary N) is 1. The van der Waals surface area contributed by atoms with Gasteiger partial charge in [-0.05, 0) is 49.7 Å². The number of halogens is 1. The van der Waals surface area contributed by atoms with Crippen LogP contribution in [-0.4, -0.2) is 44.7 Å². The number of benzene rings is 1. The molecule has 0 aromatic heterocycles. The van der Waals surface area contributed by atoms with E-state index in [4.69, 9.17) is 11.6 Å². The average Bonchev–Trinajstić information content (AvgIpc) is 2.81. The maximum absolute atomic E-state index is 6.17. The molecule has 1 aromatic rings. The standard InChI is InChI=1S/C17H28ClN3/c1-13(2)19-10-15-9-16(18)5-6-17(15)21(4)12-14-7-8-20(3)11-14/h5-6,9,13-14,19H,7-8,10-12H2,1-4H3. The van der Waals surface area contributed by atoms with Crippen LogP contribution in [0.1, 0.15) is 25.8 Å². The molecule has 1 aliphatic heterocycles. The van der Waals surface area contributed by atoms with Crippen LogP contribution in [0.15, 0.2) is 18.2 Å². The summed E-state index contributed by atoms with van der Waals surface area (Å²) in [6.07, 6.45) is 1.30. The van der Waals surface area contributed by atoms with E-state index in [1.54, 1.807) is 0 Å². The fourth-order valence-corrected chi connectivity index (χ4v) is 3.24. The molecule has 1 atom stereocenters. The molecule has 118 valence electrons. The Morgan fingerprint density at radius 1 is 1.43 bits per heavy atom. The third kappa shape index (κ3) is 4.87. The maximum atomic E-state index is 6.17. The molecule has 0 amide bonds. The largest absolute Gasteiger partial charge is 0.374 e. The van der Waals surface area contributed by atoms with Gasteiger partial charge in [-0.3, -0.25) is 0 Å². The third-order valence-corrected chi connectivity index (χ3v) is 4.41. The second kappa shape index (κ2) is 7.48. The molecule has 21 heavy (non-hydrogen) atoms. The molecular formula is C17H28ClN3. The van der Waals surface area contributed by atoms with Gasteiger partial charge in [-0.1, -0.05) is 25.4 Å². The highest BCUT2D eigenvalue weighted by Crippen LogP contribution is 2.26. The molecule has 0 bridgehead atoms. The molecule has 1 saturated heterocycles. The van der Waals surface area contributed by atoms with Crippen LogP contribution >= 0.6 is 11.6 Å². The van der Waals surface area contributed by atoms with E-state index >= 15 is 0 Å². The van der Waals surface area contributed by atoms with Crippen LogP contribution in [0.25, 0.3) is 0 Å². The molecular weight excluding hydrogens is 282 g/mol. The highest BCUT2D eigenvalue weighted by atomic mass is 35.5. The van der Waals surface area contributed by atoms with E-state index in [9.17, 15) is 0 Å². The Morgan fingerprint density at radius 3 is 2.81 bits per heavy atom. The summed E-state index contributed by atoms with van der Waals surface area (Å²) in [5, 5.41) is 4.30. The van der Waals surface area contributed by atoms with Gasteiger partial charge in [-0.25, -0.2) is 0 Å². The first-order chi connectivity index (χ1) is 9.95. The zero-order valence-electron chi connectivity index (χ0n) is 13.7. The topological polar surface area (TPSA) is 18.5 Å².